The summed E-state index contributed by atoms with van der Waals surface area (Å²) in [7, 11) is 0. The van der Waals surface area contributed by atoms with Crippen molar-refractivity contribution in [2.24, 2.45) is 0 Å². The Morgan fingerprint density at radius 1 is 1.50 bits per heavy atom. The van der Waals surface area contributed by atoms with Crippen molar-refractivity contribution in [2.45, 2.75) is 6.92 Å². The van der Waals surface area contributed by atoms with E-state index in [1.54, 1.807) is 12.1 Å². The molecule has 0 aliphatic rings. The number of rotatable bonds is 1. The molecule has 52 valence electrons. The van der Waals surface area contributed by atoms with Gasteiger partial charge in [-0.2, -0.15) is 0 Å². The second-order valence-electron chi connectivity index (χ2n) is 2.05. The van der Waals surface area contributed by atoms with Crippen molar-refractivity contribution in [1.29, 1.82) is 0 Å². The van der Waals surface area contributed by atoms with Crippen LogP contribution in [0.15, 0.2) is 24.5 Å². The van der Waals surface area contributed by atoms with E-state index in [1.807, 2.05) is 0 Å². The lowest BCUT2D eigenvalue weighted by Gasteiger charge is -1.94. The quantitative estimate of drug-likeness (QED) is 0.419. The fourth-order valence-corrected chi connectivity index (χ4v) is 0.661. The zero-order valence-electron chi connectivity index (χ0n) is 5.66. The number of carbonyl (C=O) groups excluding carboxylic acids is 1. The van der Waals surface area contributed by atoms with Crippen LogP contribution in [0.5, 0.6) is 0 Å². The van der Waals surface area contributed by atoms with Crippen LogP contribution in [0.25, 0.3) is 5.84 Å². The molecule has 0 saturated carbocycles. The van der Waals surface area contributed by atoms with E-state index in [-0.39, 0.29) is 5.78 Å². The molecule has 1 heterocycles. The van der Waals surface area contributed by atoms with Crippen LogP contribution in [0.2, 0.25) is 0 Å². The predicted molar refractivity (Wildman–Crippen MR) is 36.4 cm³/mol. The zero-order valence-corrected chi connectivity index (χ0v) is 5.66. The summed E-state index contributed by atoms with van der Waals surface area (Å²) in [5.74, 6) is 7.07. The van der Waals surface area contributed by atoms with Gasteiger partial charge in [-0.05, 0) is 6.92 Å². The smallest absolute Gasteiger partial charge is 0.164 e. The fourth-order valence-electron chi connectivity index (χ4n) is 0.661. The van der Waals surface area contributed by atoms with E-state index in [1.165, 1.54) is 19.3 Å². The molecule has 0 bridgehead atoms. The van der Waals surface area contributed by atoms with Crippen molar-refractivity contribution in [3.05, 3.63) is 35.9 Å². The summed E-state index contributed by atoms with van der Waals surface area (Å²) in [6.07, 6.45) is 3.05. The van der Waals surface area contributed by atoms with Crippen LogP contribution in [0.1, 0.15) is 17.3 Å². The molecular weight excluding hydrogens is 128 g/mol. The van der Waals surface area contributed by atoms with Crippen LogP contribution in [0.4, 0.5) is 0 Å². The highest BCUT2D eigenvalue weighted by atomic mass is 16.1. The van der Waals surface area contributed by atoms with Gasteiger partial charge < -0.3 is 5.84 Å². The molecule has 1 aromatic rings. The van der Waals surface area contributed by atoms with Gasteiger partial charge in [-0.15, -0.1) is 0 Å². The number of nitrogens with one attached hydrogen (secondary N) is 1. The Labute approximate surface area is 59.1 Å². The van der Waals surface area contributed by atoms with Crippen LogP contribution >= 0.6 is 0 Å². The Hall–Kier alpha value is -1.38. The number of aromatic nitrogens is 1. The van der Waals surface area contributed by atoms with Crippen LogP contribution in [0.3, 0.4) is 0 Å². The van der Waals surface area contributed by atoms with E-state index in [9.17, 15) is 4.79 Å². The molecule has 0 fully saturated rings. The van der Waals surface area contributed by atoms with Gasteiger partial charge in [0.2, 0.25) is 0 Å². The van der Waals surface area contributed by atoms with Gasteiger partial charge in [0.1, 0.15) is 0 Å². The molecule has 10 heavy (non-hydrogen) atoms. The first kappa shape index (κ1) is 6.74. The summed E-state index contributed by atoms with van der Waals surface area (Å²) >= 11 is 0. The van der Waals surface area contributed by atoms with E-state index in [4.69, 9.17) is 5.84 Å². The third-order valence-corrected chi connectivity index (χ3v) is 1.24. The average molecular weight is 136 g/mol. The molecule has 0 atom stereocenters. The minimum atomic E-state index is 0.0283. The first-order valence-corrected chi connectivity index (χ1v) is 2.94. The third kappa shape index (κ3) is 1.31. The van der Waals surface area contributed by atoms with Crippen molar-refractivity contribution in [2.75, 3.05) is 0 Å². The number of hydrogen-bond acceptors (Lipinski definition) is 1. The van der Waals surface area contributed by atoms with Crippen molar-refractivity contribution < 1.29 is 9.47 Å². The van der Waals surface area contributed by atoms with Gasteiger partial charge in [-0.3, -0.25) is 4.79 Å². The molecule has 1 aromatic heterocycles. The summed E-state index contributed by atoms with van der Waals surface area (Å²) in [6.45, 7) is 1.50. The molecule has 0 aliphatic heterocycles. The molecule has 0 radical (unpaired) electrons. The maximum atomic E-state index is 10.7. The highest BCUT2D eigenvalue weighted by Gasteiger charge is 1.97. The topological polar surface area (TPSA) is 44.8 Å². The van der Waals surface area contributed by atoms with Crippen molar-refractivity contribution in [3.63, 3.8) is 0 Å². The van der Waals surface area contributed by atoms with E-state index in [2.05, 4.69) is 0 Å². The van der Waals surface area contributed by atoms with Crippen molar-refractivity contribution in [1.82, 2.24) is 0 Å². The zero-order chi connectivity index (χ0) is 7.56. The number of carbonyl (C=O) groups is 1. The number of nitrogens with zero attached hydrogens (tertiary/aromatic N) is 1. The summed E-state index contributed by atoms with van der Waals surface area (Å²) in [6, 6.07) is 3.24. The summed E-state index contributed by atoms with van der Waals surface area (Å²) in [4.78, 5) is 10.7. The minimum absolute atomic E-state index is 0.0283. The molecule has 3 nitrogen and oxygen atoms in total. The highest BCUT2D eigenvalue weighted by Crippen LogP contribution is 1.94. The van der Waals surface area contributed by atoms with Crippen LogP contribution in [-0.2, 0) is 0 Å². The van der Waals surface area contributed by atoms with Gasteiger partial charge in [-0.25, -0.2) is 4.68 Å². The monoisotopic (exact) mass is 136 g/mol. The Kier molecular flexibility index (Phi) is 1.67. The Morgan fingerprint density at radius 3 is 2.40 bits per heavy atom. The standard InChI is InChI=1S/C7H8N2O/c1-6(10)7-2-4-9(8)5-3-7/h2-5,8H,1H3. The molecular formula is C7H8N2O. The van der Waals surface area contributed by atoms with E-state index in [0.29, 0.717) is 5.56 Å². The number of Topliss-reactive ketones (excluding diaryl/α,β-unsaturated/α-hetero) is 1. The van der Waals surface area contributed by atoms with Gasteiger partial charge >= 0.3 is 0 Å². The van der Waals surface area contributed by atoms with Gasteiger partial charge in [0.05, 0.1) is 0 Å². The third-order valence-electron chi connectivity index (χ3n) is 1.24. The van der Waals surface area contributed by atoms with Crippen molar-refractivity contribution >= 4 is 5.78 Å². The lowest BCUT2D eigenvalue weighted by Crippen LogP contribution is -2.21. The largest absolute Gasteiger partial charge is 0.449 e. The maximum absolute atomic E-state index is 10.7. The molecule has 0 saturated heterocycles. The minimum Gasteiger partial charge on any atom is -0.449 e. The molecule has 1 rings (SSSR count). The Bertz CT molecular complexity index is 240. The number of ketones is 1. The molecule has 1 N–H and O–H groups in total. The second-order valence-corrected chi connectivity index (χ2v) is 2.05. The molecule has 0 aromatic carbocycles. The first-order chi connectivity index (χ1) is 4.70. The number of hydrogen-bond donors (Lipinski definition) is 0. The van der Waals surface area contributed by atoms with Gasteiger partial charge in [0.15, 0.2) is 18.2 Å². The Morgan fingerprint density at radius 2 is 2.00 bits per heavy atom. The Balaban J connectivity index is 3.00. The molecule has 0 aliphatic carbocycles. The van der Waals surface area contributed by atoms with Crippen LogP contribution in [-0.4, -0.2) is 5.78 Å². The summed E-state index contributed by atoms with van der Waals surface area (Å²) in [5.41, 5.74) is 0.642. The lowest BCUT2D eigenvalue weighted by molar-refractivity contribution is -0.605. The first-order valence-electron chi connectivity index (χ1n) is 2.94. The van der Waals surface area contributed by atoms with Gasteiger partial charge in [-0.1, -0.05) is 0 Å². The molecule has 0 unspecified atom stereocenters. The van der Waals surface area contributed by atoms with E-state index in [0.717, 1.165) is 4.68 Å². The maximum Gasteiger partial charge on any atom is 0.164 e. The summed E-state index contributed by atoms with van der Waals surface area (Å²) in [5, 5.41) is 0. The highest BCUT2D eigenvalue weighted by molar-refractivity contribution is 5.93. The van der Waals surface area contributed by atoms with Gasteiger partial charge in [0.25, 0.3) is 0 Å². The fraction of sp³-hybridized carbons (Fsp3) is 0.143. The average Bonchev–Trinajstić information content (AvgIpc) is 1.88. The van der Waals surface area contributed by atoms with E-state index < -0.39 is 0 Å². The molecule has 3 heteroatoms. The lowest BCUT2D eigenvalue weighted by atomic mass is 10.2. The van der Waals surface area contributed by atoms with Crippen LogP contribution < -0.4 is 4.68 Å². The number of pyridine rings is 1. The normalized spacial score (nSPS) is 9.30. The van der Waals surface area contributed by atoms with Crippen molar-refractivity contribution in [3.8, 4) is 0 Å². The molecule has 0 amide bonds. The molecule has 0 spiro atoms. The SMILES string of the molecule is CC(=O)c1cc[n+]([NH-])cc1. The van der Waals surface area contributed by atoms with Gasteiger partial charge in [0, 0.05) is 17.7 Å². The summed E-state index contributed by atoms with van der Waals surface area (Å²) < 4.78 is 1.15. The predicted octanol–water partition coefficient (Wildman–Crippen LogP) is 0.992. The van der Waals surface area contributed by atoms with Crippen LogP contribution in [0, 0.1) is 0 Å². The second kappa shape index (κ2) is 2.47. The van der Waals surface area contributed by atoms with E-state index >= 15 is 0 Å².